The van der Waals surface area contributed by atoms with Crippen LogP contribution in [0.1, 0.15) is 64.4 Å². The van der Waals surface area contributed by atoms with Crippen molar-refractivity contribution in [3.63, 3.8) is 0 Å². The SMILES string of the molecule is CC(C)(C)OC(=O)N1CCN(C(=O)Oc2ccc(C3CCCCC3)cc2)CC1. The van der Waals surface area contributed by atoms with E-state index in [1.54, 1.807) is 9.80 Å². The molecule has 1 aliphatic heterocycles. The molecule has 6 nitrogen and oxygen atoms in total. The Morgan fingerprint density at radius 2 is 1.39 bits per heavy atom. The van der Waals surface area contributed by atoms with E-state index in [0.717, 1.165) is 0 Å². The average Bonchev–Trinajstić information content (AvgIpc) is 2.68. The predicted octanol–water partition coefficient (Wildman–Crippen LogP) is 4.79. The van der Waals surface area contributed by atoms with Crippen LogP contribution >= 0.6 is 0 Å². The highest BCUT2D eigenvalue weighted by molar-refractivity contribution is 5.72. The van der Waals surface area contributed by atoms with Crippen LogP contribution in [0, 0.1) is 0 Å². The van der Waals surface area contributed by atoms with E-state index in [-0.39, 0.29) is 12.2 Å². The Kier molecular flexibility index (Phi) is 6.47. The van der Waals surface area contributed by atoms with Gasteiger partial charge in [0.15, 0.2) is 0 Å². The summed E-state index contributed by atoms with van der Waals surface area (Å²) in [6, 6.07) is 7.94. The molecule has 0 aromatic heterocycles. The predicted molar refractivity (Wildman–Crippen MR) is 108 cm³/mol. The number of hydrogen-bond donors (Lipinski definition) is 0. The molecular weight excluding hydrogens is 356 g/mol. The molecule has 0 spiro atoms. The zero-order chi connectivity index (χ0) is 20.1. The Hall–Kier alpha value is -2.24. The Balaban J connectivity index is 1.47. The summed E-state index contributed by atoms with van der Waals surface area (Å²) >= 11 is 0. The Morgan fingerprint density at radius 1 is 0.857 bits per heavy atom. The van der Waals surface area contributed by atoms with Gasteiger partial charge in [0.2, 0.25) is 0 Å². The molecule has 1 aliphatic carbocycles. The van der Waals surface area contributed by atoms with Gasteiger partial charge in [-0.05, 0) is 57.2 Å². The van der Waals surface area contributed by atoms with Crippen LogP contribution in [-0.2, 0) is 4.74 Å². The fourth-order valence-corrected chi connectivity index (χ4v) is 3.81. The monoisotopic (exact) mass is 388 g/mol. The lowest BCUT2D eigenvalue weighted by atomic mass is 9.84. The van der Waals surface area contributed by atoms with Gasteiger partial charge in [-0.2, -0.15) is 0 Å². The molecular formula is C22H32N2O4. The third-order valence-electron chi connectivity index (χ3n) is 5.35. The molecule has 6 heteroatoms. The van der Waals surface area contributed by atoms with Gasteiger partial charge in [-0.3, -0.25) is 0 Å². The van der Waals surface area contributed by atoms with Gasteiger partial charge >= 0.3 is 12.2 Å². The number of carbonyl (C=O) groups is 2. The van der Waals surface area contributed by atoms with Gasteiger partial charge < -0.3 is 19.3 Å². The molecule has 0 N–H and O–H groups in total. The van der Waals surface area contributed by atoms with Crippen molar-refractivity contribution < 1.29 is 19.1 Å². The van der Waals surface area contributed by atoms with E-state index >= 15 is 0 Å². The van der Waals surface area contributed by atoms with Gasteiger partial charge in [0.1, 0.15) is 11.4 Å². The van der Waals surface area contributed by atoms with E-state index in [2.05, 4.69) is 12.1 Å². The second-order valence-electron chi connectivity index (χ2n) is 8.73. The summed E-state index contributed by atoms with van der Waals surface area (Å²) in [5.41, 5.74) is 0.821. The second-order valence-corrected chi connectivity index (χ2v) is 8.73. The van der Waals surface area contributed by atoms with Crippen LogP contribution in [0.5, 0.6) is 5.75 Å². The van der Waals surface area contributed by atoms with Gasteiger partial charge in [-0.25, -0.2) is 9.59 Å². The molecule has 1 saturated carbocycles. The molecule has 2 fully saturated rings. The van der Waals surface area contributed by atoms with Crippen LogP contribution in [0.25, 0.3) is 0 Å². The smallest absolute Gasteiger partial charge is 0.415 e. The van der Waals surface area contributed by atoms with Crippen LogP contribution in [0.3, 0.4) is 0 Å². The van der Waals surface area contributed by atoms with E-state index in [1.165, 1.54) is 37.7 Å². The van der Waals surface area contributed by atoms with Crippen molar-refractivity contribution in [2.75, 3.05) is 26.2 Å². The Morgan fingerprint density at radius 3 is 1.93 bits per heavy atom. The Labute approximate surface area is 167 Å². The molecule has 0 atom stereocenters. The highest BCUT2D eigenvalue weighted by Gasteiger charge is 2.28. The standard InChI is InChI=1S/C22H32N2O4/c1-22(2,3)28-21(26)24-15-13-23(14-16-24)20(25)27-19-11-9-18(10-12-19)17-7-5-4-6-8-17/h9-12,17H,4-8,13-16H2,1-3H3. The van der Waals surface area contributed by atoms with Crippen LogP contribution in [0.15, 0.2) is 24.3 Å². The number of hydrogen-bond acceptors (Lipinski definition) is 4. The lowest BCUT2D eigenvalue weighted by Crippen LogP contribution is -2.52. The molecule has 0 unspecified atom stereocenters. The highest BCUT2D eigenvalue weighted by atomic mass is 16.6. The summed E-state index contributed by atoms with van der Waals surface area (Å²) in [7, 11) is 0. The highest BCUT2D eigenvalue weighted by Crippen LogP contribution is 2.33. The van der Waals surface area contributed by atoms with Crippen LogP contribution in [0.4, 0.5) is 9.59 Å². The maximum atomic E-state index is 12.4. The first-order valence-corrected chi connectivity index (χ1v) is 10.4. The number of amides is 2. The van der Waals surface area contributed by atoms with Crippen LogP contribution < -0.4 is 4.74 Å². The number of carbonyl (C=O) groups excluding carboxylic acids is 2. The van der Waals surface area contributed by atoms with Crippen molar-refractivity contribution in [1.29, 1.82) is 0 Å². The van der Waals surface area contributed by atoms with Gasteiger partial charge in [0, 0.05) is 26.2 Å². The molecule has 0 radical (unpaired) electrons. The third kappa shape index (κ3) is 5.63. The van der Waals surface area contributed by atoms with Crippen LogP contribution in [-0.4, -0.2) is 53.8 Å². The first-order valence-electron chi connectivity index (χ1n) is 10.4. The average molecular weight is 389 g/mol. The maximum absolute atomic E-state index is 12.4. The number of ether oxygens (including phenoxy) is 2. The molecule has 28 heavy (non-hydrogen) atoms. The van der Waals surface area contributed by atoms with Gasteiger partial charge in [-0.1, -0.05) is 31.4 Å². The molecule has 1 aromatic rings. The fourth-order valence-electron chi connectivity index (χ4n) is 3.81. The zero-order valence-corrected chi connectivity index (χ0v) is 17.3. The largest absolute Gasteiger partial charge is 0.444 e. The normalized spacial score (nSPS) is 18.7. The molecule has 0 bridgehead atoms. The minimum absolute atomic E-state index is 0.334. The van der Waals surface area contributed by atoms with Crippen molar-refractivity contribution in [1.82, 2.24) is 9.80 Å². The van der Waals surface area contributed by atoms with Gasteiger partial charge in [0.25, 0.3) is 0 Å². The fraction of sp³-hybridized carbons (Fsp3) is 0.636. The van der Waals surface area contributed by atoms with Crippen molar-refractivity contribution in [3.05, 3.63) is 29.8 Å². The second kappa shape index (κ2) is 8.84. The van der Waals surface area contributed by atoms with Crippen molar-refractivity contribution >= 4 is 12.2 Å². The maximum Gasteiger partial charge on any atom is 0.415 e. The van der Waals surface area contributed by atoms with E-state index in [9.17, 15) is 9.59 Å². The minimum Gasteiger partial charge on any atom is -0.444 e. The third-order valence-corrected chi connectivity index (χ3v) is 5.35. The summed E-state index contributed by atoms with van der Waals surface area (Å²) < 4.78 is 10.9. The molecule has 1 heterocycles. The molecule has 154 valence electrons. The molecule has 2 aliphatic rings. The van der Waals surface area contributed by atoms with Crippen molar-refractivity contribution in [2.45, 2.75) is 64.4 Å². The lowest BCUT2D eigenvalue weighted by Gasteiger charge is -2.35. The summed E-state index contributed by atoms with van der Waals surface area (Å²) in [6.45, 7) is 7.32. The summed E-state index contributed by atoms with van der Waals surface area (Å²) in [5, 5.41) is 0. The number of piperazine rings is 1. The van der Waals surface area contributed by atoms with Gasteiger partial charge in [0.05, 0.1) is 0 Å². The van der Waals surface area contributed by atoms with E-state index in [4.69, 9.17) is 9.47 Å². The number of benzene rings is 1. The van der Waals surface area contributed by atoms with E-state index in [1.807, 2.05) is 32.9 Å². The van der Waals surface area contributed by atoms with E-state index in [0.29, 0.717) is 37.8 Å². The summed E-state index contributed by atoms with van der Waals surface area (Å²) in [6.07, 6.45) is 5.75. The zero-order valence-electron chi connectivity index (χ0n) is 17.3. The lowest BCUT2D eigenvalue weighted by molar-refractivity contribution is 0.0154. The minimum atomic E-state index is -0.517. The van der Waals surface area contributed by atoms with Crippen LogP contribution in [0.2, 0.25) is 0 Å². The summed E-state index contributed by atoms with van der Waals surface area (Å²) in [5.74, 6) is 1.21. The molecule has 2 amide bonds. The molecule has 1 saturated heterocycles. The first-order chi connectivity index (χ1) is 13.3. The van der Waals surface area contributed by atoms with Gasteiger partial charge in [-0.15, -0.1) is 0 Å². The number of rotatable bonds is 2. The topological polar surface area (TPSA) is 59.1 Å². The van der Waals surface area contributed by atoms with Crippen molar-refractivity contribution in [2.24, 2.45) is 0 Å². The quantitative estimate of drug-likeness (QED) is 0.731. The number of nitrogens with zero attached hydrogens (tertiary/aromatic N) is 2. The Bertz CT molecular complexity index is 667. The van der Waals surface area contributed by atoms with E-state index < -0.39 is 5.60 Å². The molecule has 3 rings (SSSR count). The summed E-state index contributed by atoms with van der Waals surface area (Å²) in [4.78, 5) is 27.8. The first kappa shape index (κ1) is 20.5. The van der Waals surface area contributed by atoms with Crippen molar-refractivity contribution in [3.8, 4) is 5.75 Å². The molecule has 1 aromatic carbocycles.